The van der Waals surface area contributed by atoms with Crippen LogP contribution in [0.3, 0.4) is 0 Å². The highest BCUT2D eigenvalue weighted by atomic mass is 16.5. The van der Waals surface area contributed by atoms with Crippen molar-refractivity contribution in [3.8, 4) is 11.1 Å². The van der Waals surface area contributed by atoms with Crippen LogP contribution in [-0.4, -0.2) is 41.3 Å². The van der Waals surface area contributed by atoms with Gasteiger partial charge in [-0.3, -0.25) is 4.79 Å². The molecule has 0 aromatic heterocycles. The van der Waals surface area contributed by atoms with E-state index in [9.17, 15) is 14.7 Å². The molecule has 0 heterocycles. The first-order chi connectivity index (χ1) is 15.9. The van der Waals surface area contributed by atoms with E-state index in [1.807, 2.05) is 44.2 Å². The van der Waals surface area contributed by atoms with Gasteiger partial charge in [-0.25, -0.2) is 4.79 Å². The number of aliphatic carboxylic acids is 1. The van der Waals surface area contributed by atoms with Crippen molar-refractivity contribution >= 4 is 11.9 Å². The minimum atomic E-state index is -0.952. The Bertz CT molecular complexity index is 969. The van der Waals surface area contributed by atoms with Crippen molar-refractivity contribution in [3.63, 3.8) is 0 Å². The Morgan fingerprint density at radius 2 is 1.76 bits per heavy atom. The predicted octanol–water partition coefficient (Wildman–Crippen LogP) is 4.31. The van der Waals surface area contributed by atoms with Gasteiger partial charge in [0.25, 0.3) is 0 Å². The van der Waals surface area contributed by atoms with Crippen LogP contribution in [0.4, 0.5) is 0 Å². The molecule has 1 aliphatic rings. The molecule has 0 saturated heterocycles. The third-order valence-corrected chi connectivity index (χ3v) is 6.10. The summed E-state index contributed by atoms with van der Waals surface area (Å²) in [6.45, 7) is 6.11. The minimum absolute atomic E-state index is 0.00106. The molecule has 3 atom stereocenters. The zero-order valence-electron chi connectivity index (χ0n) is 19.6. The van der Waals surface area contributed by atoms with Crippen molar-refractivity contribution in [2.75, 3.05) is 0 Å². The summed E-state index contributed by atoms with van der Waals surface area (Å²) < 4.78 is 6.25. The van der Waals surface area contributed by atoms with E-state index in [0.717, 1.165) is 29.5 Å². The average Bonchev–Trinajstić information content (AvgIpc) is 2.82. The fourth-order valence-electron chi connectivity index (χ4n) is 4.31. The van der Waals surface area contributed by atoms with Gasteiger partial charge in [-0.2, -0.15) is 0 Å². The van der Waals surface area contributed by atoms with Gasteiger partial charge in [-0.15, -0.1) is 0 Å². The van der Waals surface area contributed by atoms with Gasteiger partial charge in [-0.05, 0) is 48.1 Å². The Morgan fingerprint density at radius 3 is 2.39 bits per heavy atom. The number of nitrogens with one attached hydrogen (secondary N) is 2. The molecule has 0 spiro atoms. The number of ether oxygens (including phenoxy) is 1. The number of hydrogen-bond acceptors (Lipinski definition) is 4. The normalized spacial score (nSPS) is 20.4. The summed E-state index contributed by atoms with van der Waals surface area (Å²) in [5, 5.41) is 16.2. The van der Waals surface area contributed by atoms with Gasteiger partial charge in [0.2, 0.25) is 5.91 Å². The van der Waals surface area contributed by atoms with Crippen molar-refractivity contribution in [1.29, 1.82) is 0 Å². The van der Waals surface area contributed by atoms with Crippen molar-refractivity contribution in [1.82, 2.24) is 10.6 Å². The molecule has 0 saturated carbocycles. The summed E-state index contributed by atoms with van der Waals surface area (Å²) in [5.41, 5.74) is 3.66. The molecule has 1 aliphatic carbocycles. The fourth-order valence-corrected chi connectivity index (χ4v) is 4.31. The Hall–Kier alpha value is -2.96. The number of hydrogen-bond donors (Lipinski definition) is 3. The van der Waals surface area contributed by atoms with Gasteiger partial charge >= 0.3 is 5.97 Å². The monoisotopic (exact) mass is 450 g/mol. The van der Waals surface area contributed by atoms with E-state index in [1.54, 1.807) is 6.08 Å². The van der Waals surface area contributed by atoms with Crippen LogP contribution in [-0.2, 0) is 20.9 Å². The zero-order valence-corrected chi connectivity index (χ0v) is 19.6. The first kappa shape index (κ1) is 24.7. The van der Waals surface area contributed by atoms with Crippen molar-refractivity contribution < 1.29 is 19.4 Å². The van der Waals surface area contributed by atoms with Crippen molar-refractivity contribution in [2.45, 2.75) is 70.9 Å². The van der Waals surface area contributed by atoms with E-state index in [4.69, 9.17) is 4.74 Å². The van der Waals surface area contributed by atoms with E-state index in [1.165, 1.54) is 6.92 Å². The smallest absolute Gasteiger partial charge is 0.331 e. The zero-order chi connectivity index (χ0) is 23.8. The number of carboxylic acids is 1. The summed E-state index contributed by atoms with van der Waals surface area (Å²) in [5.74, 6) is -1.12. The highest BCUT2D eigenvalue weighted by molar-refractivity contribution is 5.87. The first-order valence-corrected chi connectivity index (χ1v) is 11.7. The standard InChI is InChI=1S/C27H34N2O4/c1-4-23(5-2)33-25-16-22(27(31)32)15-24(26(25)29-18(3)30)28-17-19-10-9-13-21(14-19)20-11-7-6-8-12-20/h6-14,16,23-26,28H,4-5,15,17H2,1-3H3,(H,29,30)(H,31,32)/t24-,25+,26+/m0/s1. The Kier molecular flexibility index (Phi) is 8.80. The maximum atomic E-state index is 12.0. The molecule has 33 heavy (non-hydrogen) atoms. The summed E-state index contributed by atoms with van der Waals surface area (Å²) >= 11 is 0. The SMILES string of the molecule is CCC(CC)O[C@@H]1C=C(C(=O)O)C[C@H](NCc2cccc(-c3ccccc3)c2)[C@H]1NC(C)=O. The Morgan fingerprint density at radius 1 is 1.06 bits per heavy atom. The number of carbonyl (C=O) groups excluding carboxylic acids is 1. The van der Waals surface area contributed by atoms with Crippen LogP contribution in [0.5, 0.6) is 0 Å². The van der Waals surface area contributed by atoms with Gasteiger partial charge < -0.3 is 20.5 Å². The van der Waals surface area contributed by atoms with Crippen LogP contribution in [0.2, 0.25) is 0 Å². The second-order valence-electron chi connectivity index (χ2n) is 8.52. The van der Waals surface area contributed by atoms with Crippen molar-refractivity contribution in [2.24, 2.45) is 0 Å². The van der Waals surface area contributed by atoms with Crippen molar-refractivity contribution in [3.05, 3.63) is 71.8 Å². The molecule has 0 bridgehead atoms. The number of rotatable bonds is 10. The van der Waals surface area contributed by atoms with Gasteiger partial charge in [0.05, 0.1) is 18.2 Å². The molecule has 0 radical (unpaired) electrons. The van der Waals surface area contributed by atoms with Gasteiger partial charge in [0, 0.05) is 25.1 Å². The van der Waals surface area contributed by atoms with Crippen LogP contribution in [0.15, 0.2) is 66.2 Å². The lowest BCUT2D eigenvalue weighted by Gasteiger charge is -2.38. The molecule has 3 rings (SSSR count). The van der Waals surface area contributed by atoms with Crippen LogP contribution >= 0.6 is 0 Å². The molecule has 176 valence electrons. The molecule has 0 aliphatic heterocycles. The van der Waals surface area contributed by atoms with E-state index in [-0.39, 0.29) is 24.1 Å². The molecule has 3 N–H and O–H groups in total. The molecule has 6 heteroatoms. The molecule has 2 aromatic rings. The number of carboxylic acid groups (broad SMARTS) is 1. The number of carbonyl (C=O) groups is 2. The Labute approximate surface area is 196 Å². The van der Waals surface area contributed by atoms with E-state index < -0.39 is 12.1 Å². The predicted molar refractivity (Wildman–Crippen MR) is 130 cm³/mol. The average molecular weight is 451 g/mol. The summed E-state index contributed by atoms with van der Waals surface area (Å²) in [4.78, 5) is 23.8. The molecule has 6 nitrogen and oxygen atoms in total. The molecule has 2 aromatic carbocycles. The van der Waals surface area contributed by atoms with E-state index in [0.29, 0.717) is 18.5 Å². The van der Waals surface area contributed by atoms with Gasteiger partial charge in [-0.1, -0.05) is 62.4 Å². The molecular weight excluding hydrogens is 416 g/mol. The topological polar surface area (TPSA) is 87.7 Å². The molecule has 0 unspecified atom stereocenters. The third kappa shape index (κ3) is 6.76. The largest absolute Gasteiger partial charge is 0.478 e. The highest BCUT2D eigenvalue weighted by Crippen LogP contribution is 2.25. The third-order valence-electron chi connectivity index (χ3n) is 6.10. The first-order valence-electron chi connectivity index (χ1n) is 11.7. The second-order valence-corrected chi connectivity index (χ2v) is 8.52. The van der Waals surface area contributed by atoms with Crippen LogP contribution in [0.1, 0.15) is 45.6 Å². The maximum Gasteiger partial charge on any atom is 0.331 e. The van der Waals surface area contributed by atoms with Crippen LogP contribution in [0.25, 0.3) is 11.1 Å². The van der Waals surface area contributed by atoms with E-state index in [2.05, 4.69) is 34.9 Å². The van der Waals surface area contributed by atoms with Crippen LogP contribution in [0, 0.1) is 0 Å². The maximum absolute atomic E-state index is 12.0. The van der Waals surface area contributed by atoms with Gasteiger partial charge in [0.1, 0.15) is 0 Å². The second kappa shape index (κ2) is 11.8. The summed E-state index contributed by atoms with van der Waals surface area (Å²) in [6, 6.07) is 17.8. The number of benzene rings is 2. The van der Waals surface area contributed by atoms with E-state index >= 15 is 0 Å². The lowest BCUT2D eigenvalue weighted by molar-refractivity contribution is -0.133. The lowest BCUT2D eigenvalue weighted by atomic mass is 9.87. The molecular formula is C27H34N2O4. The summed E-state index contributed by atoms with van der Waals surface area (Å²) in [6.07, 6.45) is 3.10. The van der Waals surface area contributed by atoms with Crippen LogP contribution < -0.4 is 10.6 Å². The quantitative estimate of drug-likeness (QED) is 0.502. The minimum Gasteiger partial charge on any atom is -0.478 e. The summed E-state index contributed by atoms with van der Waals surface area (Å²) in [7, 11) is 0. The lowest BCUT2D eigenvalue weighted by Crippen LogP contribution is -2.58. The Balaban J connectivity index is 1.81. The highest BCUT2D eigenvalue weighted by Gasteiger charge is 2.37. The molecule has 0 fully saturated rings. The molecule has 1 amide bonds. The van der Waals surface area contributed by atoms with Gasteiger partial charge in [0.15, 0.2) is 0 Å². The fraction of sp³-hybridized carbons (Fsp3) is 0.407. The number of amides is 1.